The third-order valence-corrected chi connectivity index (χ3v) is 6.91. The molecule has 7 nitrogen and oxygen atoms in total. The smallest absolute Gasteiger partial charge is 0.257 e. The molecule has 0 spiro atoms. The van der Waals surface area contributed by atoms with Gasteiger partial charge in [-0.15, -0.1) is 10.2 Å². The average molecular weight is 408 g/mol. The largest absolute Gasteiger partial charge is 0.296 e. The number of hydrogen-bond donors (Lipinski definition) is 1. The van der Waals surface area contributed by atoms with Crippen LogP contribution in [0.1, 0.15) is 35.1 Å². The van der Waals surface area contributed by atoms with Gasteiger partial charge < -0.3 is 0 Å². The number of anilines is 2. The Hall–Kier alpha value is -2.87. The minimum absolute atomic E-state index is 0.119. The number of allylic oxidation sites excluding steroid dienone is 2. The van der Waals surface area contributed by atoms with E-state index in [2.05, 4.69) is 34.6 Å². The van der Waals surface area contributed by atoms with E-state index in [0.29, 0.717) is 16.4 Å². The second-order valence-corrected chi connectivity index (χ2v) is 8.83. The van der Waals surface area contributed by atoms with Crippen molar-refractivity contribution in [2.75, 3.05) is 10.2 Å². The summed E-state index contributed by atoms with van der Waals surface area (Å²) in [5.41, 5.74) is 0.952. The quantitative estimate of drug-likeness (QED) is 0.606. The fourth-order valence-corrected chi connectivity index (χ4v) is 5.54. The molecule has 1 aromatic heterocycles. The van der Waals surface area contributed by atoms with Crippen LogP contribution in [-0.2, 0) is 16.0 Å². The van der Waals surface area contributed by atoms with Gasteiger partial charge in [-0.3, -0.25) is 24.6 Å². The molecule has 1 saturated heterocycles. The first-order chi connectivity index (χ1) is 14.1. The van der Waals surface area contributed by atoms with Crippen molar-refractivity contribution >= 4 is 39.9 Å². The number of nitrogens with one attached hydrogen (secondary N) is 1. The number of hydrogen-bond acceptors (Lipinski definition) is 6. The van der Waals surface area contributed by atoms with Gasteiger partial charge in [-0.05, 0) is 48.9 Å². The van der Waals surface area contributed by atoms with Crippen LogP contribution in [0.4, 0.5) is 10.8 Å². The van der Waals surface area contributed by atoms with E-state index >= 15 is 0 Å². The molecule has 0 unspecified atom stereocenters. The lowest BCUT2D eigenvalue weighted by Gasteiger charge is -2.17. The normalized spacial score (nSPS) is 27.0. The number of nitrogens with zero attached hydrogens (tertiary/aromatic N) is 3. The molecular weight excluding hydrogens is 388 g/mol. The zero-order valence-corrected chi connectivity index (χ0v) is 16.7. The summed E-state index contributed by atoms with van der Waals surface area (Å²) < 4.78 is 0. The summed E-state index contributed by atoms with van der Waals surface area (Å²) in [5, 5.41) is 12.1. The van der Waals surface area contributed by atoms with E-state index in [1.165, 1.54) is 16.2 Å². The lowest BCUT2D eigenvalue weighted by molar-refractivity contribution is -0.123. The fourth-order valence-electron chi connectivity index (χ4n) is 4.71. The van der Waals surface area contributed by atoms with Crippen LogP contribution in [0.3, 0.4) is 0 Å². The molecule has 3 aliphatic rings. The summed E-state index contributed by atoms with van der Waals surface area (Å²) >= 11 is 1.36. The van der Waals surface area contributed by atoms with Gasteiger partial charge in [0.15, 0.2) is 0 Å². The summed E-state index contributed by atoms with van der Waals surface area (Å²) in [6.07, 6.45) is 6.86. The number of amides is 3. The Bertz CT molecular complexity index is 999. The third kappa shape index (κ3) is 2.90. The first-order valence-electron chi connectivity index (χ1n) is 9.86. The molecule has 5 rings (SSSR count). The van der Waals surface area contributed by atoms with E-state index in [4.69, 9.17) is 0 Å². The van der Waals surface area contributed by atoms with Crippen molar-refractivity contribution in [3.63, 3.8) is 0 Å². The van der Waals surface area contributed by atoms with Crippen molar-refractivity contribution < 1.29 is 14.4 Å². The fraction of sp³-hybridized carbons (Fsp3) is 0.381. The maximum atomic E-state index is 12.9. The van der Waals surface area contributed by atoms with Crippen LogP contribution in [0.5, 0.6) is 0 Å². The van der Waals surface area contributed by atoms with Crippen LogP contribution in [0, 0.1) is 23.7 Å². The highest BCUT2D eigenvalue weighted by Crippen LogP contribution is 2.53. The zero-order chi connectivity index (χ0) is 20.1. The van der Waals surface area contributed by atoms with Gasteiger partial charge in [-0.25, -0.2) is 0 Å². The summed E-state index contributed by atoms with van der Waals surface area (Å²) in [6.45, 7) is 2.06. The Balaban J connectivity index is 1.31. The molecule has 1 saturated carbocycles. The zero-order valence-electron chi connectivity index (χ0n) is 15.9. The summed E-state index contributed by atoms with van der Waals surface area (Å²) in [5.74, 6) is -0.626. The second kappa shape index (κ2) is 6.88. The molecule has 29 heavy (non-hydrogen) atoms. The summed E-state index contributed by atoms with van der Waals surface area (Å²) in [7, 11) is 0. The van der Waals surface area contributed by atoms with Gasteiger partial charge in [0.05, 0.1) is 17.5 Å². The van der Waals surface area contributed by atoms with Gasteiger partial charge in [0.1, 0.15) is 5.01 Å². The molecule has 4 atom stereocenters. The number of fused-ring (bicyclic) bond motifs is 5. The van der Waals surface area contributed by atoms with E-state index in [1.54, 1.807) is 24.3 Å². The molecule has 148 valence electrons. The van der Waals surface area contributed by atoms with Crippen molar-refractivity contribution in [1.82, 2.24) is 10.2 Å². The average Bonchev–Trinajstić information content (AvgIpc) is 3.48. The first kappa shape index (κ1) is 18.2. The highest BCUT2D eigenvalue weighted by Gasteiger charge is 2.59. The van der Waals surface area contributed by atoms with Crippen LogP contribution < -0.4 is 10.2 Å². The molecule has 1 aliphatic heterocycles. The van der Waals surface area contributed by atoms with Crippen LogP contribution in [0.25, 0.3) is 0 Å². The standard InChI is InChI=1S/C21H20N4O3S/c1-2-3-15-23-24-21(29-15)22-18(26)11-6-8-14(9-7-11)25-19(27)16-12-4-5-13(10-12)17(16)20(25)28/h4-9,12-13,16-17H,2-3,10H2,1H3,(H,22,24,26)/t12-,13-,16-,17-/m0/s1. The maximum Gasteiger partial charge on any atom is 0.257 e. The molecule has 2 fully saturated rings. The molecule has 8 heteroatoms. The monoisotopic (exact) mass is 408 g/mol. The molecule has 2 heterocycles. The van der Waals surface area contributed by atoms with Gasteiger partial charge in [0.25, 0.3) is 5.91 Å². The van der Waals surface area contributed by atoms with E-state index in [1.807, 2.05) is 0 Å². The van der Waals surface area contributed by atoms with Crippen LogP contribution in [0.15, 0.2) is 36.4 Å². The number of aromatic nitrogens is 2. The number of benzene rings is 1. The molecule has 2 bridgehead atoms. The molecular formula is C21H20N4O3S. The number of rotatable bonds is 5. The summed E-state index contributed by atoms with van der Waals surface area (Å²) in [4.78, 5) is 39.5. The minimum atomic E-state index is -0.297. The van der Waals surface area contributed by atoms with Crippen LogP contribution >= 0.6 is 11.3 Å². The molecule has 2 aliphatic carbocycles. The summed E-state index contributed by atoms with van der Waals surface area (Å²) in [6, 6.07) is 6.56. The molecule has 3 amide bonds. The Kier molecular flexibility index (Phi) is 4.31. The molecule has 0 radical (unpaired) electrons. The van der Waals surface area contributed by atoms with Crippen molar-refractivity contribution in [1.29, 1.82) is 0 Å². The SMILES string of the molecule is CCCc1nnc(NC(=O)c2ccc(N3C(=O)[C@@H]4[C@@H](C3=O)[C@H]3C=C[C@H]4C3)cc2)s1. The van der Waals surface area contributed by atoms with Gasteiger partial charge in [-0.2, -0.15) is 0 Å². The lowest BCUT2D eigenvalue weighted by atomic mass is 9.85. The number of imide groups is 1. The van der Waals surface area contributed by atoms with E-state index in [9.17, 15) is 14.4 Å². The number of carbonyl (C=O) groups is 3. The second-order valence-electron chi connectivity index (χ2n) is 7.76. The highest BCUT2D eigenvalue weighted by molar-refractivity contribution is 7.15. The first-order valence-corrected chi connectivity index (χ1v) is 10.7. The van der Waals surface area contributed by atoms with Crippen molar-refractivity contribution in [2.24, 2.45) is 23.7 Å². The molecule has 2 aromatic rings. The van der Waals surface area contributed by atoms with Crippen molar-refractivity contribution in [3.8, 4) is 0 Å². The minimum Gasteiger partial charge on any atom is -0.296 e. The van der Waals surface area contributed by atoms with Gasteiger partial charge in [0, 0.05) is 12.0 Å². The van der Waals surface area contributed by atoms with Gasteiger partial charge in [-0.1, -0.05) is 30.4 Å². The van der Waals surface area contributed by atoms with E-state index in [-0.39, 0.29) is 41.4 Å². The van der Waals surface area contributed by atoms with Gasteiger partial charge in [0.2, 0.25) is 16.9 Å². The lowest BCUT2D eigenvalue weighted by Crippen LogP contribution is -2.32. The van der Waals surface area contributed by atoms with Crippen LogP contribution in [-0.4, -0.2) is 27.9 Å². The van der Waals surface area contributed by atoms with E-state index < -0.39 is 0 Å². The Morgan fingerprint density at radius 3 is 2.38 bits per heavy atom. The highest BCUT2D eigenvalue weighted by atomic mass is 32.1. The number of aryl methyl sites for hydroxylation is 1. The predicted octanol–water partition coefficient (Wildman–Crippen LogP) is 3.05. The molecule has 1 N–H and O–H groups in total. The Morgan fingerprint density at radius 2 is 1.76 bits per heavy atom. The van der Waals surface area contributed by atoms with Crippen molar-refractivity contribution in [3.05, 3.63) is 47.0 Å². The topological polar surface area (TPSA) is 92.3 Å². The molecule has 1 aromatic carbocycles. The predicted molar refractivity (Wildman–Crippen MR) is 109 cm³/mol. The van der Waals surface area contributed by atoms with Crippen molar-refractivity contribution in [2.45, 2.75) is 26.2 Å². The van der Waals surface area contributed by atoms with Gasteiger partial charge >= 0.3 is 0 Å². The Morgan fingerprint density at radius 1 is 1.10 bits per heavy atom. The van der Waals surface area contributed by atoms with Crippen LogP contribution in [0.2, 0.25) is 0 Å². The maximum absolute atomic E-state index is 12.9. The number of carbonyl (C=O) groups excluding carboxylic acids is 3. The Labute approximate surface area is 171 Å². The van der Waals surface area contributed by atoms with E-state index in [0.717, 1.165) is 24.3 Å². The third-order valence-electron chi connectivity index (χ3n) is 6.01.